The van der Waals surface area contributed by atoms with Crippen LogP contribution in [0.15, 0.2) is 0 Å². The van der Waals surface area contributed by atoms with Gasteiger partial charge in [-0.05, 0) is 70.0 Å². The molecule has 1 aliphatic rings. The van der Waals surface area contributed by atoms with Crippen molar-refractivity contribution in [3.63, 3.8) is 0 Å². The van der Waals surface area contributed by atoms with Gasteiger partial charge in [0.15, 0.2) is 0 Å². The second-order valence-corrected chi connectivity index (χ2v) is 7.74. The number of nitrogens with one attached hydrogen (secondary N) is 1. The molecule has 0 aromatic rings. The molecule has 1 fully saturated rings. The van der Waals surface area contributed by atoms with Crippen molar-refractivity contribution < 1.29 is 0 Å². The minimum Gasteiger partial charge on any atom is -0.312 e. The summed E-state index contributed by atoms with van der Waals surface area (Å²) in [4.78, 5) is 2.74. The fraction of sp³-hybridized carbons (Fsp3) is 1.00. The largest absolute Gasteiger partial charge is 0.312 e. The predicted octanol–water partition coefficient (Wildman–Crippen LogP) is 4.30. The average Bonchev–Trinajstić information content (AvgIpc) is 2.64. The number of hydrogen-bond donors (Lipinski definition) is 1. The van der Waals surface area contributed by atoms with E-state index in [2.05, 4.69) is 51.8 Å². The van der Waals surface area contributed by atoms with E-state index < -0.39 is 0 Å². The van der Waals surface area contributed by atoms with Crippen molar-refractivity contribution >= 4 is 0 Å². The van der Waals surface area contributed by atoms with Crippen LogP contribution in [0.4, 0.5) is 0 Å². The second kappa shape index (κ2) is 8.38. The molecule has 1 rings (SSSR count). The van der Waals surface area contributed by atoms with Crippen LogP contribution in [0.3, 0.4) is 0 Å². The van der Waals surface area contributed by atoms with E-state index in [-0.39, 0.29) is 0 Å². The van der Waals surface area contributed by atoms with E-state index in [9.17, 15) is 0 Å². The van der Waals surface area contributed by atoms with Gasteiger partial charge in [0.1, 0.15) is 0 Å². The number of rotatable bonds is 6. The minimum atomic E-state index is 0.476. The van der Waals surface area contributed by atoms with E-state index in [0.29, 0.717) is 17.5 Å². The Kier molecular flexibility index (Phi) is 7.53. The molecule has 0 saturated carbocycles. The van der Waals surface area contributed by atoms with Gasteiger partial charge in [-0.3, -0.25) is 4.90 Å². The Balaban J connectivity index is 2.54. The summed E-state index contributed by atoms with van der Waals surface area (Å²) < 4.78 is 0. The van der Waals surface area contributed by atoms with Gasteiger partial charge in [0.25, 0.3) is 0 Å². The Bertz CT molecular complexity index is 257. The lowest BCUT2D eigenvalue weighted by molar-refractivity contribution is 0.160. The van der Waals surface area contributed by atoms with Crippen LogP contribution in [0.25, 0.3) is 0 Å². The molecular weight excluding hydrogens is 244 g/mol. The number of nitrogens with zero attached hydrogens (tertiary/aromatic N) is 1. The number of likely N-dealkylation sites (tertiary alicyclic amines) is 1. The van der Waals surface area contributed by atoms with Crippen LogP contribution in [0.2, 0.25) is 0 Å². The summed E-state index contributed by atoms with van der Waals surface area (Å²) in [6.07, 6.45) is 6.62. The Morgan fingerprint density at radius 3 is 2.40 bits per heavy atom. The van der Waals surface area contributed by atoms with Crippen molar-refractivity contribution in [2.45, 2.75) is 85.7 Å². The molecule has 1 aliphatic heterocycles. The molecule has 2 nitrogen and oxygen atoms in total. The highest BCUT2D eigenvalue weighted by Gasteiger charge is 2.29. The normalized spacial score (nSPS) is 25.2. The van der Waals surface area contributed by atoms with Crippen LogP contribution in [-0.4, -0.2) is 36.6 Å². The summed E-state index contributed by atoms with van der Waals surface area (Å²) in [6, 6.07) is 1.33. The first kappa shape index (κ1) is 18.0. The third-order valence-corrected chi connectivity index (χ3v) is 5.24. The van der Waals surface area contributed by atoms with E-state index >= 15 is 0 Å². The molecule has 0 aliphatic carbocycles. The van der Waals surface area contributed by atoms with Gasteiger partial charge >= 0.3 is 0 Å². The SMILES string of the molecule is CCCNC(CC)C(C)N1CCCC(C(C)(C)C)CC1. The molecule has 20 heavy (non-hydrogen) atoms. The highest BCUT2D eigenvalue weighted by molar-refractivity contribution is 4.85. The zero-order valence-corrected chi connectivity index (χ0v) is 14.8. The highest BCUT2D eigenvalue weighted by atomic mass is 15.2. The molecular formula is C18H38N2. The standard InChI is InChI=1S/C18H38N2/c1-7-12-19-17(8-2)15(3)20-13-9-10-16(11-14-20)18(4,5)6/h15-17,19H,7-14H2,1-6H3. The van der Waals surface area contributed by atoms with Gasteiger partial charge in [-0.15, -0.1) is 0 Å². The van der Waals surface area contributed by atoms with E-state index in [1.54, 1.807) is 0 Å². The Hall–Kier alpha value is -0.0800. The Morgan fingerprint density at radius 2 is 1.85 bits per heavy atom. The molecule has 120 valence electrons. The number of hydrogen-bond acceptors (Lipinski definition) is 2. The average molecular weight is 283 g/mol. The van der Waals surface area contributed by atoms with Crippen LogP contribution < -0.4 is 5.32 Å². The summed E-state index contributed by atoms with van der Waals surface area (Å²) in [6.45, 7) is 18.0. The highest BCUT2D eigenvalue weighted by Crippen LogP contribution is 2.34. The van der Waals surface area contributed by atoms with Gasteiger partial charge in [0.05, 0.1) is 0 Å². The molecule has 0 aromatic carbocycles. The first-order valence-corrected chi connectivity index (χ1v) is 8.87. The van der Waals surface area contributed by atoms with E-state index in [0.717, 1.165) is 12.5 Å². The van der Waals surface area contributed by atoms with Crippen molar-refractivity contribution in [2.24, 2.45) is 11.3 Å². The first-order valence-electron chi connectivity index (χ1n) is 8.87. The van der Waals surface area contributed by atoms with Crippen LogP contribution in [-0.2, 0) is 0 Å². The minimum absolute atomic E-state index is 0.476. The van der Waals surface area contributed by atoms with Crippen molar-refractivity contribution in [1.82, 2.24) is 10.2 Å². The fourth-order valence-corrected chi connectivity index (χ4v) is 3.63. The predicted molar refractivity (Wildman–Crippen MR) is 90.2 cm³/mol. The van der Waals surface area contributed by atoms with Gasteiger partial charge < -0.3 is 5.32 Å². The Labute approximate surface area is 127 Å². The van der Waals surface area contributed by atoms with E-state index in [4.69, 9.17) is 0 Å². The van der Waals surface area contributed by atoms with Crippen molar-refractivity contribution in [2.75, 3.05) is 19.6 Å². The van der Waals surface area contributed by atoms with Crippen molar-refractivity contribution in [1.29, 1.82) is 0 Å². The first-order chi connectivity index (χ1) is 9.40. The quantitative estimate of drug-likeness (QED) is 0.781. The van der Waals surface area contributed by atoms with Gasteiger partial charge in [0, 0.05) is 12.1 Å². The molecule has 1 saturated heterocycles. The molecule has 0 amide bonds. The molecule has 0 bridgehead atoms. The van der Waals surface area contributed by atoms with Crippen molar-refractivity contribution in [3.8, 4) is 0 Å². The van der Waals surface area contributed by atoms with Gasteiger partial charge in [-0.25, -0.2) is 0 Å². The summed E-state index contributed by atoms with van der Waals surface area (Å²) >= 11 is 0. The van der Waals surface area contributed by atoms with Crippen LogP contribution in [0, 0.1) is 11.3 Å². The summed E-state index contributed by atoms with van der Waals surface area (Å²) in [5.74, 6) is 0.892. The van der Waals surface area contributed by atoms with Crippen LogP contribution in [0.5, 0.6) is 0 Å². The summed E-state index contributed by atoms with van der Waals surface area (Å²) in [5.41, 5.74) is 0.476. The third kappa shape index (κ3) is 5.37. The van der Waals surface area contributed by atoms with E-state index in [1.807, 2.05) is 0 Å². The summed E-state index contributed by atoms with van der Waals surface area (Å²) in [7, 11) is 0. The van der Waals surface area contributed by atoms with E-state index in [1.165, 1.54) is 45.2 Å². The lowest BCUT2D eigenvalue weighted by Gasteiger charge is -2.35. The zero-order chi connectivity index (χ0) is 15.2. The van der Waals surface area contributed by atoms with Gasteiger partial charge in [0.2, 0.25) is 0 Å². The molecule has 0 aromatic heterocycles. The molecule has 0 spiro atoms. The smallest absolute Gasteiger partial charge is 0.0220 e. The second-order valence-electron chi connectivity index (χ2n) is 7.74. The Morgan fingerprint density at radius 1 is 1.15 bits per heavy atom. The third-order valence-electron chi connectivity index (χ3n) is 5.24. The monoisotopic (exact) mass is 282 g/mol. The molecule has 0 radical (unpaired) electrons. The lowest BCUT2D eigenvalue weighted by atomic mass is 9.77. The van der Waals surface area contributed by atoms with Crippen LogP contribution >= 0.6 is 0 Å². The van der Waals surface area contributed by atoms with Crippen molar-refractivity contribution in [3.05, 3.63) is 0 Å². The van der Waals surface area contributed by atoms with Crippen LogP contribution in [0.1, 0.15) is 73.6 Å². The topological polar surface area (TPSA) is 15.3 Å². The maximum Gasteiger partial charge on any atom is 0.0220 e. The molecule has 2 heteroatoms. The summed E-state index contributed by atoms with van der Waals surface area (Å²) in [5, 5.41) is 3.74. The molecule has 1 heterocycles. The zero-order valence-electron chi connectivity index (χ0n) is 14.8. The molecule has 1 N–H and O–H groups in total. The van der Waals surface area contributed by atoms with Gasteiger partial charge in [-0.1, -0.05) is 34.6 Å². The fourth-order valence-electron chi connectivity index (χ4n) is 3.63. The maximum atomic E-state index is 3.74. The lowest BCUT2D eigenvalue weighted by Crippen LogP contribution is -2.48. The maximum absolute atomic E-state index is 3.74. The molecule has 3 atom stereocenters. The van der Waals surface area contributed by atoms with Gasteiger partial charge in [-0.2, -0.15) is 0 Å². The molecule has 3 unspecified atom stereocenters.